The molecule has 0 radical (unpaired) electrons. The maximum absolute atomic E-state index is 6.27. The summed E-state index contributed by atoms with van der Waals surface area (Å²) in [6.45, 7) is 10.7. The number of hydrogen-bond acceptors (Lipinski definition) is 2. The van der Waals surface area contributed by atoms with Crippen molar-refractivity contribution in [2.45, 2.75) is 154 Å². The molecular formula is C40H62O2. The summed E-state index contributed by atoms with van der Waals surface area (Å²) in [5.41, 5.74) is 6.12. The molecule has 0 spiro atoms. The van der Waals surface area contributed by atoms with Crippen molar-refractivity contribution in [1.29, 1.82) is 0 Å². The zero-order chi connectivity index (χ0) is 29.6. The smallest absolute Gasteiger partial charge is 0.0805 e. The summed E-state index contributed by atoms with van der Waals surface area (Å²) in [6, 6.07) is 19.1. The van der Waals surface area contributed by atoms with Gasteiger partial charge in [0.15, 0.2) is 0 Å². The van der Waals surface area contributed by atoms with E-state index in [0.29, 0.717) is 0 Å². The minimum Gasteiger partial charge on any atom is -0.376 e. The first kappa shape index (κ1) is 33.3. The molecule has 42 heavy (non-hydrogen) atoms. The Balaban J connectivity index is 1.04. The number of hydrogen-bond donors (Lipinski definition) is 0. The first-order valence-electron chi connectivity index (χ1n) is 18.0. The molecule has 234 valence electrons. The van der Waals surface area contributed by atoms with Crippen LogP contribution < -0.4 is 0 Å². The van der Waals surface area contributed by atoms with E-state index in [9.17, 15) is 0 Å². The van der Waals surface area contributed by atoms with Gasteiger partial charge in [0.25, 0.3) is 0 Å². The van der Waals surface area contributed by atoms with Crippen molar-refractivity contribution in [1.82, 2.24) is 0 Å². The SMILES string of the molecule is CCCCc1ccc(C2CCC(CCOC(C)C(C)OCC[C@H]3CC[C@H](c4ccc(CCCC)cc4)CC3)CC2)cc1. The molecule has 2 heteroatoms. The van der Waals surface area contributed by atoms with Crippen LogP contribution in [0.25, 0.3) is 0 Å². The molecule has 2 fully saturated rings. The average Bonchev–Trinajstić information content (AvgIpc) is 3.04. The fourth-order valence-corrected chi connectivity index (χ4v) is 7.36. The monoisotopic (exact) mass is 574 g/mol. The summed E-state index contributed by atoms with van der Waals surface area (Å²) in [4.78, 5) is 0. The molecule has 2 saturated carbocycles. The second-order valence-corrected chi connectivity index (χ2v) is 13.9. The Morgan fingerprint density at radius 3 is 1.24 bits per heavy atom. The van der Waals surface area contributed by atoms with Crippen LogP contribution in [-0.2, 0) is 22.3 Å². The van der Waals surface area contributed by atoms with Gasteiger partial charge in [-0.15, -0.1) is 0 Å². The summed E-state index contributed by atoms with van der Waals surface area (Å²) in [5.74, 6) is 3.16. The topological polar surface area (TPSA) is 18.5 Å². The minimum absolute atomic E-state index is 0.170. The lowest BCUT2D eigenvalue weighted by molar-refractivity contribution is -0.0628. The van der Waals surface area contributed by atoms with Crippen LogP contribution >= 0.6 is 0 Å². The number of ether oxygens (including phenoxy) is 2. The molecule has 2 unspecified atom stereocenters. The standard InChI is InChI=1S/C40H62O2/c1-5-7-9-33-11-19-37(20-12-33)39-23-15-35(16-24-39)27-29-41-31(3)32(4)42-30-28-36-17-25-40(26-18-36)38-21-13-34(14-22-38)10-8-6-2/h11-14,19-22,31-32,35-36,39-40H,5-10,15-18,23-30H2,1-4H3/t31?,32?,35-,36?,39-,40?. The van der Waals surface area contributed by atoms with E-state index in [-0.39, 0.29) is 12.2 Å². The van der Waals surface area contributed by atoms with E-state index in [2.05, 4.69) is 76.2 Å². The van der Waals surface area contributed by atoms with Crippen LogP contribution in [0.3, 0.4) is 0 Å². The van der Waals surface area contributed by atoms with Crippen molar-refractivity contribution in [3.8, 4) is 0 Å². The molecule has 2 aliphatic rings. The molecule has 0 aromatic heterocycles. The summed E-state index contributed by atoms with van der Waals surface area (Å²) in [7, 11) is 0. The van der Waals surface area contributed by atoms with E-state index in [1.807, 2.05) is 0 Å². The van der Waals surface area contributed by atoms with Crippen LogP contribution in [0.1, 0.15) is 152 Å². The highest BCUT2D eigenvalue weighted by Gasteiger charge is 2.24. The first-order valence-corrected chi connectivity index (χ1v) is 18.0. The van der Waals surface area contributed by atoms with Gasteiger partial charge >= 0.3 is 0 Å². The van der Waals surface area contributed by atoms with Crippen molar-refractivity contribution in [3.63, 3.8) is 0 Å². The second-order valence-electron chi connectivity index (χ2n) is 13.9. The van der Waals surface area contributed by atoms with Gasteiger partial charge in [-0.2, -0.15) is 0 Å². The van der Waals surface area contributed by atoms with Gasteiger partial charge in [-0.25, -0.2) is 0 Å². The maximum atomic E-state index is 6.27. The zero-order valence-corrected chi connectivity index (χ0v) is 27.6. The molecule has 0 N–H and O–H groups in total. The van der Waals surface area contributed by atoms with Gasteiger partial charge in [0, 0.05) is 13.2 Å². The Labute approximate surface area is 259 Å². The average molecular weight is 575 g/mol. The maximum Gasteiger partial charge on any atom is 0.0805 e. The lowest BCUT2D eigenvalue weighted by Crippen LogP contribution is -2.28. The number of unbranched alkanes of at least 4 members (excludes halogenated alkanes) is 2. The summed E-state index contributed by atoms with van der Waals surface area (Å²) in [5, 5.41) is 0. The van der Waals surface area contributed by atoms with Crippen molar-refractivity contribution in [2.24, 2.45) is 11.8 Å². The highest BCUT2D eigenvalue weighted by atomic mass is 16.5. The Bertz CT molecular complexity index is 882. The molecule has 2 aromatic rings. The van der Waals surface area contributed by atoms with E-state index in [1.54, 1.807) is 11.1 Å². The van der Waals surface area contributed by atoms with Gasteiger partial charge in [0.05, 0.1) is 12.2 Å². The Kier molecular flexibility index (Phi) is 14.4. The van der Waals surface area contributed by atoms with E-state index in [0.717, 1.165) is 36.9 Å². The highest BCUT2D eigenvalue weighted by molar-refractivity contribution is 5.27. The van der Waals surface area contributed by atoms with Crippen LogP contribution in [0, 0.1) is 11.8 Å². The fraction of sp³-hybridized carbons (Fsp3) is 0.700. The van der Waals surface area contributed by atoms with Gasteiger partial charge in [-0.1, -0.05) is 75.2 Å². The molecule has 2 aromatic carbocycles. The van der Waals surface area contributed by atoms with Gasteiger partial charge in [0.1, 0.15) is 0 Å². The third kappa shape index (κ3) is 10.8. The number of rotatable bonds is 17. The molecule has 4 rings (SSSR count). The predicted molar refractivity (Wildman–Crippen MR) is 180 cm³/mol. The van der Waals surface area contributed by atoms with Gasteiger partial charge in [-0.3, -0.25) is 0 Å². The predicted octanol–water partition coefficient (Wildman–Crippen LogP) is 11.2. The molecule has 2 atom stereocenters. The minimum atomic E-state index is 0.170. The molecule has 0 amide bonds. The van der Waals surface area contributed by atoms with E-state index in [1.165, 1.54) is 114 Å². The van der Waals surface area contributed by atoms with Crippen molar-refractivity contribution >= 4 is 0 Å². The highest BCUT2D eigenvalue weighted by Crippen LogP contribution is 2.38. The van der Waals surface area contributed by atoms with Crippen LogP contribution in [0.15, 0.2) is 48.5 Å². The fourth-order valence-electron chi connectivity index (χ4n) is 7.36. The third-order valence-corrected chi connectivity index (χ3v) is 10.7. The third-order valence-electron chi connectivity index (χ3n) is 10.7. The molecule has 0 aliphatic heterocycles. The van der Waals surface area contributed by atoms with Crippen molar-refractivity contribution in [2.75, 3.05) is 13.2 Å². The molecular weight excluding hydrogens is 512 g/mol. The second kappa shape index (κ2) is 18.2. The van der Waals surface area contributed by atoms with Crippen LogP contribution in [0.5, 0.6) is 0 Å². The molecule has 2 nitrogen and oxygen atoms in total. The summed E-state index contributed by atoms with van der Waals surface area (Å²) in [6.07, 6.45) is 21.1. The largest absolute Gasteiger partial charge is 0.376 e. The van der Waals surface area contributed by atoms with Crippen LogP contribution in [0.4, 0.5) is 0 Å². The summed E-state index contributed by atoms with van der Waals surface area (Å²) < 4.78 is 12.5. The number of benzene rings is 2. The quantitative estimate of drug-likeness (QED) is 0.187. The van der Waals surface area contributed by atoms with Gasteiger partial charge in [0.2, 0.25) is 0 Å². The molecule has 0 bridgehead atoms. The Hall–Kier alpha value is -1.64. The van der Waals surface area contributed by atoms with E-state index >= 15 is 0 Å². The van der Waals surface area contributed by atoms with Gasteiger partial charge in [-0.05, 0) is 150 Å². The lowest BCUT2D eigenvalue weighted by atomic mass is 9.77. The Morgan fingerprint density at radius 1 is 0.548 bits per heavy atom. The zero-order valence-electron chi connectivity index (χ0n) is 27.6. The first-order chi connectivity index (χ1) is 20.6. The van der Waals surface area contributed by atoms with Crippen LogP contribution in [0.2, 0.25) is 0 Å². The summed E-state index contributed by atoms with van der Waals surface area (Å²) >= 11 is 0. The van der Waals surface area contributed by atoms with E-state index < -0.39 is 0 Å². The molecule has 2 aliphatic carbocycles. The normalized spacial score (nSPS) is 24.4. The van der Waals surface area contributed by atoms with Crippen molar-refractivity contribution < 1.29 is 9.47 Å². The lowest BCUT2D eigenvalue weighted by Gasteiger charge is -2.30. The molecule has 0 heterocycles. The van der Waals surface area contributed by atoms with Crippen molar-refractivity contribution in [3.05, 3.63) is 70.8 Å². The Morgan fingerprint density at radius 2 is 0.905 bits per heavy atom. The molecule has 0 saturated heterocycles. The number of aryl methyl sites for hydroxylation is 2. The van der Waals surface area contributed by atoms with Gasteiger partial charge < -0.3 is 9.47 Å². The van der Waals surface area contributed by atoms with Crippen LogP contribution in [-0.4, -0.2) is 25.4 Å². The van der Waals surface area contributed by atoms with E-state index in [4.69, 9.17) is 9.47 Å².